The van der Waals surface area contributed by atoms with Gasteiger partial charge in [0.2, 0.25) is 0 Å². The van der Waals surface area contributed by atoms with Crippen LogP contribution < -0.4 is 5.32 Å². The van der Waals surface area contributed by atoms with Gasteiger partial charge in [-0.15, -0.1) is 0 Å². The maximum Gasteiger partial charge on any atom is 0.137 e. The first kappa shape index (κ1) is 14.4. The molecule has 2 rings (SSSR count). The largest absolute Gasteiger partial charge is 0.378 e. The predicted molar refractivity (Wildman–Crippen MR) is 82.3 cm³/mol. The Morgan fingerprint density at radius 1 is 1.26 bits per heavy atom. The fourth-order valence-electron chi connectivity index (χ4n) is 1.86. The molecule has 0 saturated heterocycles. The highest BCUT2D eigenvalue weighted by molar-refractivity contribution is 9.10. The van der Waals surface area contributed by atoms with E-state index in [-0.39, 0.29) is 11.9 Å². The second kappa shape index (κ2) is 5.93. The first-order chi connectivity index (χ1) is 8.99. The molecule has 0 aromatic heterocycles. The minimum absolute atomic E-state index is 0.0640. The van der Waals surface area contributed by atoms with Crippen molar-refractivity contribution in [3.63, 3.8) is 0 Å². The summed E-state index contributed by atoms with van der Waals surface area (Å²) in [6, 6.07) is 10.8. The summed E-state index contributed by atoms with van der Waals surface area (Å²) in [5.41, 5.74) is 3.00. The van der Waals surface area contributed by atoms with Crippen LogP contribution in [0.4, 0.5) is 10.1 Å². The Balaban J connectivity index is 2.23. The zero-order chi connectivity index (χ0) is 14.0. The summed E-state index contributed by atoms with van der Waals surface area (Å²) >= 11 is 9.29. The molecule has 1 atom stereocenters. The average molecular weight is 343 g/mol. The van der Waals surface area contributed by atoms with Gasteiger partial charge in [0.25, 0.3) is 0 Å². The van der Waals surface area contributed by atoms with Gasteiger partial charge in [-0.1, -0.05) is 23.7 Å². The van der Waals surface area contributed by atoms with Gasteiger partial charge < -0.3 is 5.32 Å². The fourth-order valence-corrected chi connectivity index (χ4v) is 2.43. The Bertz CT molecular complexity index is 601. The van der Waals surface area contributed by atoms with Crippen LogP contribution in [0.2, 0.25) is 5.02 Å². The van der Waals surface area contributed by atoms with Crippen molar-refractivity contribution >= 4 is 33.2 Å². The first-order valence-electron chi connectivity index (χ1n) is 5.95. The molecule has 0 amide bonds. The molecule has 100 valence electrons. The Labute approximate surface area is 125 Å². The Morgan fingerprint density at radius 3 is 2.68 bits per heavy atom. The van der Waals surface area contributed by atoms with E-state index in [0.29, 0.717) is 4.47 Å². The fraction of sp³-hybridized carbons (Fsp3) is 0.200. The van der Waals surface area contributed by atoms with Crippen molar-refractivity contribution in [1.29, 1.82) is 0 Å². The summed E-state index contributed by atoms with van der Waals surface area (Å²) < 4.78 is 13.7. The van der Waals surface area contributed by atoms with Crippen molar-refractivity contribution in [2.45, 2.75) is 19.9 Å². The summed E-state index contributed by atoms with van der Waals surface area (Å²) in [5.74, 6) is -0.255. The van der Waals surface area contributed by atoms with E-state index in [9.17, 15) is 4.39 Å². The minimum atomic E-state index is -0.255. The van der Waals surface area contributed by atoms with Crippen molar-refractivity contribution in [2.24, 2.45) is 0 Å². The van der Waals surface area contributed by atoms with Gasteiger partial charge in [0.05, 0.1) is 4.47 Å². The normalized spacial score (nSPS) is 12.3. The molecule has 4 heteroatoms. The molecule has 0 saturated carbocycles. The maximum absolute atomic E-state index is 13.2. The van der Waals surface area contributed by atoms with Crippen LogP contribution in [0.5, 0.6) is 0 Å². The molecule has 0 heterocycles. The van der Waals surface area contributed by atoms with Gasteiger partial charge in [-0.05, 0) is 65.2 Å². The molecule has 0 bridgehead atoms. The van der Waals surface area contributed by atoms with Crippen molar-refractivity contribution in [3.8, 4) is 0 Å². The van der Waals surface area contributed by atoms with Crippen LogP contribution in [0.25, 0.3) is 0 Å². The summed E-state index contributed by atoms with van der Waals surface area (Å²) in [6.07, 6.45) is 0. The average Bonchev–Trinajstić information content (AvgIpc) is 2.38. The van der Waals surface area contributed by atoms with Gasteiger partial charge in [0.1, 0.15) is 5.82 Å². The predicted octanol–water partition coefficient (Wildman–Crippen LogP) is 5.72. The topological polar surface area (TPSA) is 12.0 Å². The van der Waals surface area contributed by atoms with Crippen molar-refractivity contribution in [2.75, 3.05) is 5.32 Å². The molecule has 19 heavy (non-hydrogen) atoms. The number of anilines is 1. The molecule has 0 radical (unpaired) electrons. The smallest absolute Gasteiger partial charge is 0.137 e. The number of hydrogen-bond acceptors (Lipinski definition) is 1. The number of nitrogens with one attached hydrogen (secondary N) is 1. The van der Waals surface area contributed by atoms with Crippen LogP contribution in [0.1, 0.15) is 24.1 Å². The van der Waals surface area contributed by atoms with Crippen LogP contribution in [-0.2, 0) is 0 Å². The third kappa shape index (κ3) is 3.28. The molecule has 0 aliphatic rings. The van der Waals surface area contributed by atoms with Crippen LogP contribution in [-0.4, -0.2) is 0 Å². The highest BCUT2D eigenvalue weighted by atomic mass is 79.9. The van der Waals surface area contributed by atoms with E-state index in [2.05, 4.69) is 21.2 Å². The molecular formula is C15H14BrClFN. The van der Waals surface area contributed by atoms with Gasteiger partial charge in [0.15, 0.2) is 0 Å². The molecule has 0 aliphatic heterocycles. The van der Waals surface area contributed by atoms with Crippen LogP contribution in [0, 0.1) is 12.7 Å². The summed E-state index contributed by atoms with van der Waals surface area (Å²) in [6.45, 7) is 4.00. The number of hydrogen-bond donors (Lipinski definition) is 1. The summed E-state index contributed by atoms with van der Waals surface area (Å²) in [4.78, 5) is 0. The molecular weight excluding hydrogens is 329 g/mol. The van der Waals surface area contributed by atoms with E-state index in [1.807, 2.05) is 32.0 Å². The van der Waals surface area contributed by atoms with Crippen molar-refractivity contribution in [1.82, 2.24) is 0 Å². The zero-order valence-corrected chi connectivity index (χ0v) is 13.0. The minimum Gasteiger partial charge on any atom is -0.378 e. The number of halogens is 3. The standard InChI is InChI=1S/C15H14BrClFN/c1-9-13(17)4-3-5-15(9)19-10(2)11-6-7-14(18)12(16)8-11/h3-8,10,19H,1-2H3. The SMILES string of the molecule is Cc1c(Cl)cccc1NC(C)c1ccc(F)c(Br)c1. The third-order valence-corrected chi connectivity index (χ3v) is 4.10. The highest BCUT2D eigenvalue weighted by Crippen LogP contribution is 2.28. The van der Waals surface area contributed by atoms with E-state index in [1.54, 1.807) is 12.1 Å². The van der Waals surface area contributed by atoms with Gasteiger partial charge in [-0.2, -0.15) is 0 Å². The van der Waals surface area contributed by atoms with Gasteiger partial charge >= 0.3 is 0 Å². The molecule has 0 fully saturated rings. The molecule has 1 nitrogen and oxygen atoms in total. The van der Waals surface area contributed by atoms with Crippen molar-refractivity contribution < 1.29 is 4.39 Å². The number of rotatable bonds is 3. The lowest BCUT2D eigenvalue weighted by Crippen LogP contribution is -2.08. The van der Waals surface area contributed by atoms with Crippen LogP contribution in [0.3, 0.4) is 0 Å². The molecule has 2 aromatic rings. The second-order valence-electron chi connectivity index (χ2n) is 4.45. The number of benzene rings is 2. The van der Waals surface area contributed by atoms with E-state index in [4.69, 9.17) is 11.6 Å². The lowest BCUT2D eigenvalue weighted by molar-refractivity contribution is 0.619. The monoisotopic (exact) mass is 341 g/mol. The van der Waals surface area contributed by atoms with Gasteiger partial charge in [-0.3, -0.25) is 0 Å². The molecule has 0 spiro atoms. The van der Waals surface area contributed by atoms with E-state index in [1.165, 1.54) is 6.07 Å². The highest BCUT2D eigenvalue weighted by Gasteiger charge is 2.10. The third-order valence-electron chi connectivity index (χ3n) is 3.08. The quantitative estimate of drug-likeness (QED) is 0.752. The van der Waals surface area contributed by atoms with Crippen LogP contribution in [0.15, 0.2) is 40.9 Å². The Morgan fingerprint density at radius 2 is 2.00 bits per heavy atom. The Hall–Kier alpha value is -1.06. The maximum atomic E-state index is 13.2. The molecule has 1 unspecified atom stereocenters. The lowest BCUT2D eigenvalue weighted by Gasteiger charge is -2.18. The van der Waals surface area contributed by atoms with E-state index < -0.39 is 0 Å². The molecule has 1 N–H and O–H groups in total. The van der Waals surface area contributed by atoms with Crippen LogP contribution >= 0.6 is 27.5 Å². The van der Waals surface area contributed by atoms with E-state index in [0.717, 1.165) is 21.8 Å². The lowest BCUT2D eigenvalue weighted by atomic mass is 10.1. The molecule has 0 aliphatic carbocycles. The van der Waals surface area contributed by atoms with Gasteiger partial charge in [-0.25, -0.2) is 4.39 Å². The van der Waals surface area contributed by atoms with Gasteiger partial charge in [0, 0.05) is 16.8 Å². The zero-order valence-electron chi connectivity index (χ0n) is 10.7. The van der Waals surface area contributed by atoms with E-state index >= 15 is 0 Å². The van der Waals surface area contributed by atoms with Crippen molar-refractivity contribution in [3.05, 3.63) is 62.8 Å². The summed E-state index contributed by atoms with van der Waals surface area (Å²) in [7, 11) is 0. The molecule has 2 aromatic carbocycles. The second-order valence-corrected chi connectivity index (χ2v) is 5.71. The summed E-state index contributed by atoms with van der Waals surface area (Å²) in [5, 5.41) is 4.12. The first-order valence-corrected chi connectivity index (χ1v) is 7.12. The Kier molecular flexibility index (Phi) is 4.48.